The molecule has 1 N–H and O–H groups in total. The van der Waals surface area contributed by atoms with Crippen LogP contribution in [0.15, 0.2) is 65.2 Å². The van der Waals surface area contributed by atoms with Gasteiger partial charge in [-0.25, -0.2) is 4.21 Å². The van der Waals surface area contributed by atoms with Crippen LogP contribution in [0.1, 0.15) is 97.8 Å². The lowest BCUT2D eigenvalue weighted by atomic mass is 9.66. The van der Waals surface area contributed by atoms with Gasteiger partial charge in [-0.1, -0.05) is 43.7 Å². The van der Waals surface area contributed by atoms with Crippen LogP contribution in [0, 0.1) is 11.8 Å². The molecular formula is C40H50ClN5O5S. The van der Waals surface area contributed by atoms with E-state index < -0.39 is 27.6 Å². The van der Waals surface area contributed by atoms with E-state index in [1.807, 2.05) is 25.1 Å². The molecule has 1 fully saturated rings. The minimum atomic E-state index is -3.48. The molecule has 2 amide bonds. The zero-order valence-electron chi connectivity index (χ0n) is 30.6. The second-order valence-electron chi connectivity index (χ2n) is 15.1. The summed E-state index contributed by atoms with van der Waals surface area (Å²) in [6, 6.07) is 13.4. The van der Waals surface area contributed by atoms with Crippen LogP contribution in [-0.2, 0) is 31.9 Å². The molecule has 2 unspecified atom stereocenters. The Labute approximate surface area is 312 Å². The number of amides is 2. The van der Waals surface area contributed by atoms with Crippen molar-refractivity contribution in [3.05, 3.63) is 88.2 Å². The second kappa shape index (κ2) is 15.0. The van der Waals surface area contributed by atoms with E-state index in [0.717, 1.165) is 42.9 Å². The fourth-order valence-electron chi connectivity index (χ4n) is 8.77. The van der Waals surface area contributed by atoms with Crippen LogP contribution in [0.25, 0.3) is 0 Å². The van der Waals surface area contributed by atoms with Crippen LogP contribution in [0.3, 0.4) is 0 Å². The number of benzene rings is 2. The molecule has 3 heterocycles. The highest BCUT2D eigenvalue weighted by atomic mass is 35.5. The van der Waals surface area contributed by atoms with Crippen LogP contribution in [-0.4, -0.2) is 64.5 Å². The van der Waals surface area contributed by atoms with Gasteiger partial charge in [0.15, 0.2) is 0 Å². The number of anilines is 1. The number of hydrogen-bond donors (Lipinski definition) is 1. The maximum atomic E-state index is 14.5. The average Bonchev–Trinajstić information content (AvgIpc) is 3.46. The Morgan fingerprint density at radius 2 is 2.04 bits per heavy atom. The summed E-state index contributed by atoms with van der Waals surface area (Å²) in [5.74, 6) is 0.199. The van der Waals surface area contributed by atoms with Crippen molar-refractivity contribution in [3.8, 4) is 5.75 Å². The van der Waals surface area contributed by atoms with Gasteiger partial charge in [0.25, 0.3) is 5.91 Å². The van der Waals surface area contributed by atoms with E-state index in [2.05, 4.69) is 50.3 Å². The first-order valence-corrected chi connectivity index (χ1v) is 20.7. The number of aromatic nitrogens is 2. The highest BCUT2D eigenvalue weighted by molar-refractivity contribution is 7.92. The van der Waals surface area contributed by atoms with Gasteiger partial charge in [0.05, 0.1) is 35.8 Å². The van der Waals surface area contributed by atoms with Gasteiger partial charge in [-0.05, 0) is 110 Å². The summed E-state index contributed by atoms with van der Waals surface area (Å²) >= 11 is 6.52. The minimum Gasteiger partial charge on any atom is -0.490 e. The predicted octanol–water partition coefficient (Wildman–Crippen LogP) is 7.33. The first kappa shape index (κ1) is 36.7. The van der Waals surface area contributed by atoms with Crippen molar-refractivity contribution in [1.29, 1.82) is 0 Å². The Bertz CT molecular complexity index is 1990. The summed E-state index contributed by atoms with van der Waals surface area (Å²) in [4.78, 5) is 30.1. The molecule has 4 aliphatic rings. The highest BCUT2D eigenvalue weighted by Crippen LogP contribution is 2.49. The fourth-order valence-corrected chi connectivity index (χ4v) is 10.6. The number of ether oxygens (including phenoxy) is 2. The molecule has 2 aliphatic carbocycles. The molecule has 3 aromatic rings. The molecule has 2 aromatic carbocycles. The number of carbonyl (C=O) groups excluding carboxylic acids is 2. The standard InChI is InChI=1S/C40H50ClN5O5S/c1-5-30(34-17-19-42-45(34)3)39(48)44-52(49)20-8-6-7-9-36(50-4)31-13-10-28(31)23-46-24-40(18-16-26(2)32-22-29(41)12-14-33(32)40)25-51-37-15-11-27(21-35(37)46)38(47)43-52/h7,9,11-12,14-15,17,19,21-22,26,28,30-31,36H,5-6,8,10,13,16,18,20,23-25H2,1-4H3,(H,43,44,47,48,49)/b9-7+/t26?,28-,30-,31+,36-,40-,52?/m0/s1. The number of nitrogens with one attached hydrogen (secondary N) is 1. The van der Waals surface area contributed by atoms with Gasteiger partial charge in [-0.3, -0.25) is 19.0 Å². The number of halogens is 1. The number of aryl methyl sites for hydroxylation is 1. The highest BCUT2D eigenvalue weighted by Gasteiger charge is 2.45. The van der Waals surface area contributed by atoms with Crippen LogP contribution in [0.5, 0.6) is 5.75 Å². The summed E-state index contributed by atoms with van der Waals surface area (Å²) in [7, 11) is 0.0564. The van der Waals surface area contributed by atoms with E-state index in [-0.39, 0.29) is 17.3 Å². The zero-order valence-corrected chi connectivity index (χ0v) is 32.1. The van der Waals surface area contributed by atoms with Gasteiger partial charge in [0.2, 0.25) is 5.91 Å². The van der Waals surface area contributed by atoms with E-state index >= 15 is 0 Å². The maximum absolute atomic E-state index is 14.5. The second-order valence-corrected chi connectivity index (χ2v) is 17.6. The van der Waals surface area contributed by atoms with Gasteiger partial charge < -0.3 is 14.4 Å². The third-order valence-electron chi connectivity index (χ3n) is 11.9. The lowest BCUT2D eigenvalue weighted by Gasteiger charge is -2.46. The summed E-state index contributed by atoms with van der Waals surface area (Å²) in [5.41, 5.74) is 4.11. The van der Waals surface area contributed by atoms with Gasteiger partial charge in [0, 0.05) is 49.4 Å². The maximum Gasteiger partial charge on any atom is 0.286 e. The first-order valence-electron chi connectivity index (χ1n) is 18.6. The van der Waals surface area contributed by atoms with Crippen LogP contribution >= 0.6 is 11.6 Å². The fraction of sp³-hybridized carbons (Fsp3) is 0.525. The minimum absolute atomic E-state index is 0.0326. The molecule has 1 saturated carbocycles. The first-order chi connectivity index (χ1) is 25.0. The molecule has 12 heteroatoms. The van der Waals surface area contributed by atoms with Crippen molar-refractivity contribution in [3.63, 3.8) is 0 Å². The molecule has 2 aliphatic heterocycles. The summed E-state index contributed by atoms with van der Waals surface area (Å²) < 4.78 is 35.9. The predicted molar refractivity (Wildman–Crippen MR) is 204 cm³/mol. The number of hydrogen-bond acceptors (Lipinski definition) is 7. The SMILES string of the molecule is CC[C@H](C(=O)NS1(=O)=NC(=O)c2ccc3c(c2)N(C[C@@H]2CC[C@H]2[C@@H](OC)/C=C/CCC1)C[C@@]1(CCC(C)c2cc(Cl)ccc21)CO3)c1ccnn1C. The van der Waals surface area contributed by atoms with Crippen molar-refractivity contribution in [2.75, 3.05) is 37.5 Å². The van der Waals surface area contributed by atoms with Crippen LogP contribution in [0.2, 0.25) is 5.02 Å². The van der Waals surface area contributed by atoms with E-state index in [4.69, 9.17) is 21.1 Å². The number of allylic oxidation sites excluding steroid dienone is 1. The summed E-state index contributed by atoms with van der Waals surface area (Å²) in [5, 5.41) is 4.95. The Hall–Kier alpha value is -3.67. The van der Waals surface area contributed by atoms with E-state index in [9.17, 15) is 13.8 Å². The molecule has 278 valence electrons. The summed E-state index contributed by atoms with van der Waals surface area (Å²) in [6.07, 6.45) is 11.5. The molecular weight excluding hydrogens is 698 g/mol. The molecule has 0 radical (unpaired) electrons. The quantitative estimate of drug-likeness (QED) is 0.272. The molecule has 2 bridgehead atoms. The van der Waals surface area contributed by atoms with Gasteiger partial charge in [0.1, 0.15) is 15.7 Å². The van der Waals surface area contributed by atoms with Crippen LogP contribution in [0.4, 0.5) is 5.69 Å². The Morgan fingerprint density at radius 1 is 1.19 bits per heavy atom. The number of carbonyl (C=O) groups is 2. The van der Waals surface area contributed by atoms with Crippen molar-refractivity contribution in [2.24, 2.45) is 23.2 Å². The third kappa shape index (κ3) is 7.16. The largest absolute Gasteiger partial charge is 0.490 e. The van der Waals surface area contributed by atoms with Crippen molar-refractivity contribution < 1.29 is 23.3 Å². The normalized spacial score (nSPS) is 30.1. The number of rotatable bonds is 5. The zero-order chi connectivity index (χ0) is 36.6. The molecule has 0 saturated heterocycles. The topological polar surface area (TPSA) is 115 Å². The van der Waals surface area contributed by atoms with E-state index in [1.54, 1.807) is 37.2 Å². The van der Waals surface area contributed by atoms with Crippen molar-refractivity contribution in [2.45, 2.75) is 82.1 Å². The van der Waals surface area contributed by atoms with Crippen LogP contribution < -0.4 is 14.4 Å². The molecule has 7 atom stereocenters. The molecule has 52 heavy (non-hydrogen) atoms. The third-order valence-corrected chi connectivity index (χ3v) is 13.9. The number of nitrogens with zero attached hydrogens (tertiary/aromatic N) is 4. The summed E-state index contributed by atoms with van der Waals surface area (Å²) in [6.45, 7) is 6.16. The van der Waals surface area contributed by atoms with Gasteiger partial charge in [-0.15, -0.1) is 4.36 Å². The lowest BCUT2D eigenvalue weighted by molar-refractivity contribution is -0.120. The Kier molecular flexibility index (Phi) is 10.6. The molecule has 1 spiro atoms. The van der Waals surface area contributed by atoms with E-state index in [0.29, 0.717) is 67.2 Å². The Balaban J connectivity index is 1.28. The van der Waals surface area contributed by atoms with Gasteiger partial charge in [-0.2, -0.15) is 5.10 Å². The van der Waals surface area contributed by atoms with Gasteiger partial charge >= 0.3 is 0 Å². The molecule has 1 aromatic heterocycles. The van der Waals surface area contributed by atoms with E-state index in [1.165, 1.54) is 11.1 Å². The lowest BCUT2D eigenvalue weighted by Crippen LogP contribution is -2.49. The number of methoxy groups -OCH3 is 1. The van der Waals surface area contributed by atoms with Crippen molar-refractivity contribution >= 4 is 39.0 Å². The smallest absolute Gasteiger partial charge is 0.286 e. The Morgan fingerprint density at radius 3 is 2.77 bits per heavy atom. The number of fused-ring (bicyclic) bond motifs is 4. The molecule has 10 nitrogen and oxygen atoms in total. The molecule has 7 rings (SSSR count). The monoisotopic (exact) mass is 747 g/mol. The average molecular weight is 748 g/mol. The van der Waals surface area contributed by atoms with Crippen molar-refractivity contribution in [1.82, 2.24) is 14.5 Å².